The lowest BCUT2D eigenvalue weighted by Crippen LogP contribution is -2.46. The van der Waals surface area contributed by atoms with Crippen molar-refractivity contribution in [2.75, 3.05) is 13.2 Å². The lowest BCUT2D eigenvalue weighted by atomic mass is 9.96. The van der Waals surface area contributed by atoms with Gasteiger partial charge in [0.25, 0.3) is 0 Å². The van der Waals surface area contributed by atoms with Crippen LogP contribution in [0.1, 0.15) is 39.5 Å². The molecule has 80 valence electrons. The van der Waals surface area contributed by atoms with Gasteiger partial charge in [-0.1, -0.05) is 6.92 Å². The Hall–Kier alpha value is -0.590. The van der Waals surface area contributed by atoms with Gasteiger partial charge < -0.3 is 4.74 Å². The summed E-state index contributed by atoms with van der Waals surface area (Å²) in [5.74, 6) is 0. The zero-order valence-electron chi connectivity index (χ0n) is 9.18. The molecule has 0 bridgehead atoms. The second kappa shape index (κ2) is 5.33. The van der Waals surface area contributed by atoms with Crippen LogP contribution in [0.2, 0.25) is 0 Å². The van der Waals surface area contributed by atoms with Crippen LogP contribution >= 0.6 is 0 Å². The Balaban J connectivity index is 2.24. The second-order valence-corrected chi connectivity index (χ2v) is 4.23. The van der Waals surface area contributed by atoms with Gasteiger partial charge in [-0.15, -0.1) is 0 Å². The normalized spacial score (nSPS) is 20.9. The standard InChI is InChI=1S/C11H20N2O/c1-3-7-13-11(2,8-12)9-14-10-5-4-6-10/h10,13H,3-7,9H2,1-2H3. The van der Waals surface area contributed by atoms with E-state index < -0.39 is 5.54 Å². The Kier molecular flexibility index (Phi) is 4.37. The summed E-state index contributed by atoms with van der Waals surface area (Å²) < 4.78 is 5.65. The highest BCUT2D eigenvalue weighted by molar-refractivity contribution is 5.04. The third-order valence-electron chi connectivity index (χ3n) is 2.67. The number of hydrogen-bond donors (Lipinski definition) is 1. The maximum Gasteiger partial charge on any atom is 0.127 e. The maximum absolute atomic E-state index is 9.02. The molecule has 1 aliphatic rings. The average molecular weight is 196 g/mol. The molecule has 1 aliphatic carbocycles. The molecule has 3 nitrogen and oxygen atoms in total. The van der Waals surface area contributed by atoms with Gasteiger partial charge in [0.1, 0.15) is 5.54 Å². The Bertz CT molecular complexity index is 208. The van der Waals surface area contributed by atoms with Crippen molar-refractivity contribution < 1.29 is 4.74 Å². The average Bonchev–Trinajstić information content (AvgIpc) is 2.12. The topological polar surface area (TPSA) is 45.0 Å². The minimum absolute atomic E-state index is 0.408. The lowest BCUT2D eigenvalue weighted by molar-refractivity contribution is -0.0167. The molecule has 1 atom stereocenters. The molecule has 14 heavy (non-hydrogen) atoms. The highest BCUT2D eigenvalue weighted by Crippen LogP contribution is 2.22. The third-order valence-corrected chi connectivity index (χ3v) is 2.67. The van der Waals surface area contributed by atoms with E-state index in [0.29, 0.717) is 12.7 Å². The molecule has 1 unspecified atom stereocenters. The van der Waals surface area contributed by atoms with Crippen LogP contribution in [0.5, 0.6) is 0 Å². The summed E-state index contributed by atoms with van der Waals surface area (Å²) in [6.45, 7) is 5.38. The molecule has 0 amide bonds. The summed E-state index contributed by atoms with van der Waals surface area (Å²) >= 11 is 0. The molecule has 0 saturated heterocycles. The Morgan fingerprint density at radius 1 is 1.57 bits per heavy atom. The van der Waals surface area contributed by atoms with Crippen molar-refractivity contribution in [2.45, 2.75) is 51.2 Å². The van der Waals surface area contributed by atoms with Gasteiger partial charge in [-0.3, -0.25) is 5.32 Å². The number of rotatable bonds is 6. The minimum Gasteiger partial charge on any atom is -0.375 e. The number of nitrogens with one attached hydrogen (secondary N) is 1. The first-order valence-electron chi connectivity index (χ1n) is 5.48. The monoisotopic (exact) mass is 196 g/mol. The summed E-state index contributed by atoms with van der Waals surface area (Å²) in [5.41, 5.74) is -0.508. The number of hydrogen-bond acceptors (Lipinski definition) is 3. The first-order chi connectivity index (χ1) is 6.70. The lowest BCUT2D eigenvalue weighted by Gasteiger charge is -2.30. The van der Waals surface area contributed by atoms with E-state index in [0.717, 1.165) is 25.8 Å². The third kappa shape index (κ3) is 3.28. The molecular weight excluding hydrogens is 176 g/mol. The van der Waals surface area contributed by atoms with Crippen molar-refractivity contribution in [1.82, 2.24) is 5.32 Å². The molecule has 0 aliphatic heterocycles. The predicted octanol–water partition coefficient (Wildman–Crippen LogP) is 1.84. The highest BCUT2D eigenvalue weighted by atomic mass is 16.5. The summed E-state index contributed by atoms with van der Waals surface area (Å²) in [4.78, 5) is 0. The summed E-state index contributed by atoms with van der Waals surface area (Å²) in [7, 11) is 0. The van der Waals surface area contributed by atoms with E-state index in [2.05, 4.69) is 18.3 Å². The fourth-order valence-electron chi connectivity index (χ4n) is 1.35. The molecule has 1 fully saturated rings. The highest BCUT2D eigenvalue weighted by Gasteiger charge is 2.26. The van der Waals surface area contributed by atoms with E-state index in [4.69, 9.17) is 10.00 Å². The van der Waals surface area contributed by atoms with Crippen molar-refractivity contribution in [3.63, 3.8) is 0 Å². The number of ether oxygens (including phenoxy) is 1. The number of nitriles is 1. The van der Waals surface area contributed by atoms with Crippen LogP contribution in [-0.4, -0.2) is 24.8 Å². The van der Waals surface area contributed by atoms with E-state index in [1.54, 1.807) is 0 Å². The zero-order valence-corrected chi connectivity index (χ0v) is 9.18. The van der Waals surface area contributed by atoms with Crippen LogP contribution in [0, 0.1) is 11.3 Å². The van der Waals surface area contributed by atoms with Gasteiger partial charge in [-0.05, 0) is 39.2 Å². The van der Waals surface area contributed by atoms with Gasteiger partial charge in [-0.2, -0.15) is 5.26 Å². The number of nitrogens with zero attached hydrogens (tertiary/aromatic N) is 1. The van der Waals surface area contributed by atoms with Gasteiger partial charge in [0.05, 0.1) is 18.8 Å². The smallest absolute Gasteiger partial charge is 0.127 e. The fraction of sp³-hybridized carbons (Fsp3) is 0.909. The van der Waals surface area contributed by atoms with E-state index in [1.165, 1.54) is 6.42 Å². The van der Waals surface area contributed by atoms with Crippen molar-refractivity contribution >= 4 is 0 Å². The molecule has 1 rings (SSSR count). The van der Waals surface area contributed by atoms with Crippen LogP contribution in [0.15, 0.2) is 0 Å². The zero-order chi connectivity index (χ0) is 10.4. The van der Waals surface area contributed by atoms with E-state index >= 15 is 0 Å². The van der Waals surface area contributed by atoms with E-state index in [1.807, 2.05) is 6.92 Å². The molecule has 1 saturated carbocycles. The van der Waals surface area contributed by atoms with Crippen molar-refractivity contribution in [2.24, 2.45) is 0 Å². The van der Waals surface area contributed by atoms with Crippen molar-refractivity contribution in [1.29, 1.82) is 5.26 Å². The van der Waals surface area contributed by atoms with Gasteiger partial charge in [0.15, 0.2) is 0 Å². The first kappa shape index (κ1) is 11.5. The Morgan fingerprint density at radius 2 is 2.29 bits per heavy atom. The Labute approximate surface area is 86.4 Å². The van der Waals surface area contributed by atoms with Crippen LogP contribution in [0.3, 0.4) is 0 Å². The molecule has 3 heteroatoms. The van der Waals surface area contributed by atoms with E-state index in [9.17, 15) is 0 Å². The summed E-state index contributed by atoms with van der Waals surface area (Å²) in [5, 5.41) is 12.2. The minimum atomic E-state index is -0.508. The first-order valence-corrected chi connectivity index (χ1v) is 5.48. The summed E-state index contributed by atoms with van der Waals surface area (Å²) in [6, 6.07) is 2.28. The molecule has 0 spiro atoms. The van der Waals surface area contributed by atoms with Crippen LogP contribution in [0.25, 0.3) is 0 Å². The van der Waals surface area contributed by atoms with Gasteiger partial charge in [0, 0.05) is 0 Å². The largest absolute Gasteiger partial charge is 0.375 e. The van der Waals surface area contributed by atoms with Crippen LogP contribution in [-0.2, 0) is 4.74 Å². The van der Waals surface area contributed by atoms with Gasteiger partial charge in [-0.25, -0.2) is 0 Å². The van der Waals surface area contributed by atoms with E-state index in [-0.39, 0.29) is 0 Å². The predicted molar refractivity (Wildman–Crippen MR) is 55.9 cm³/mol. The van der Waals surface area contributed by atoms with Crippen LogP contribution in [0.4, 0.5) is 0 Å². The molecular formula is C11H20N2O. The van der Waals surface area contributed by atoms with Gasteiger partial charge in [0.2, 0.25) is 0 Å². The maximum atomic E-state index is 9.02. The molecule has 0 aromatic heterocycles. The molecule has 0 aromatic rings. The second-order valence-electron chi connectivity index (χ2n) is 4.23. The van der Waals surface area contributed by atoms with Crippen LogP contribution < -0.4 is 5.32 Å². The molecule has 0 radical (unpaired) electrons. The molecule has 1 N–H and O–H groups in total. The quantitative estimate of drug-likeness (QED) is 0.705. The Morgan fingerprint density at radius 3 is 2.71 bits per heavy atom. The van der Waals surface area contributed by atoms with Gasteiger partial charge >= 0.3 is 0 Å². The van der Waals surface area contributed by atoms with Crippen molar-refractivity contribution in [3.8, 4) is 6.07 Å². The summed E-state index contributed by atoms with van der Waals surface area (Å²) in [6.07, 6.45) is 5.05. The molecule has 0 heterocycles. The SMILES string of the molecule is CCCNC(C)(C#N)COC1CCC1. The van der Waals surface area contributed by atoms with Crippen molar-refractivity contribution in [3.05, 3.63) is 0 Å². The molecule has 0 aromatic carbocycles. The fourth-order valence-corrected chi connectivity index (χ4v) is 1.35.